The van der Waals surface area contributed by atoms with Gasteiger partial charge in [-0.05, 0) is 107 Å². The number of carbonyl (C=O) groups is 9. The number of ether oxygens (including phenoxy) is 5. The number of allylic oxidation sites excluding steroid dienone is 3. The summed E-state index contributed by atoms with van der Waals surface area (Å²) in [5.74, 6) is -4.73. The predicted octanol–water partition coefficient (Wildman–Crippen LogP) is 4.44. The molecule has 0 spiro atoms. The number of nitrogens with two attached hydrogens (primary N) is 1. The molecule has 4 aliphatic rings. The van der Waals surface area contributed by atoms with Gasteiger partial charge >= 0.3 is 18.1 Å². The van der Waals surface area contributed by atoms with Gasteiger partial charge in [-0.1, -0.05) is 62.2 Å². The average Bonchev–Trinajstić information content (AvgIpc) is 1.56. The number of aromatic nitrogens is 1. The van der Waals surface area contributed by atoms with Crippen LogP contribution in [0.2, 0.25) is 5.02 Å². The second-order valence-corrected chi connectivity index (χ2v) is 24.1. The molecule has 90 heavy (non-hydrogen) atoms. The number of unbranched alkanes of at least 4 members (excludes halogenated alkanes) is 1. The molecule has 3 aromatic rings. The minimum absolute atomic E-state index is 0.0424. The van der Waals surface area contributed by atoms with Crippen LogP contribution in [-0.2, 0) is 54.1 Å². The predicted molar refractivity (Wildman–Crippen MR) is 337 cm³/mol. The molecule has 5 heterocycles. The molecule has 28 heteroatoms. The summed E-state index contributed by atoms with van der Waals surface area (Å²) in [5.41, 5.74) is 4.35. The highest BCUT2D eigenvalue weighted by atomic mass is 35.5. The molecule has 1 aromatic heterocycles. The zero-order valence-electron chi connectivity index (χ0n) is 52.0. The van der Waals surface area contributed by atoms with E-state index >= 15 is 0 Å². The summed E-state index contributed by atoms with van der Waals surface area (Å²) in [6.45, 7) is 11.0. The molecular weight excluding hydrogens is 1210 g/mol. The minimum atomic E-state index is -1.92. The number of urea groups is 1. The van der Waals surface area contributed by atoms with Gasteiger partial charge in [0, 0.05) is 82.5 Å². The lowest BCUT2D eigenvalue weighted by Crippen LogP contribution is -2.63. The molecule has 0 radical (unpaired) electrons. The van der Waals surface area contributed by atoms with Crippen molar-refractivity contribution in [1.82, 2.24) is 41.4 Å². The van der Waals surface area contributed by atoms with Crippen molar-refractivity contribution in [3.63, 3.8) is 0 Å². The quantitative estimate of drug-likeness (QED) is 0.0240. The number of benzene rings is 2. The highest BCUT2D eigenvalue weighted by Gasteiger charge is 2.64. The molecule has 2 aromatic carbocycles. The Hall–Kier alpha value is -8.24. The highest BCUT2D eigenvalue weighted by Crippen LogP contribution is 2.49. The largest absolute Gasteiger partial charge is 0.495 e. The van der Waals surface area contributed by atoms with E-state index < -0.39 is 108 Å². The summed E-state index contributed by atoms with van der Waals surface area (Å²) < 4.78 is 29.7. The molecule has 9 amide bonds. The molecule has 4 bridgehead atoms. The zero-order chi connectivity index (χ0) is 65.9. The van der Waals surface area contributed by atoms with Crippen LogP contribution in [0.5, 0.6) is 5.75 Å². The fraction of sp³-hybridized carbons (Fsp3) is 0.500. The number of likely N-dealkylation sites (N-methyl/N-ethyl adjacent to an activating group) is 1. The number of anilines is 2. The molecular formula is C62H80ClN11O15S. The number of hydrogen-bond donors (Lipinski definition) is 8. The molecule has 0 saturated carbocycles. The number of alkyl carbamates (subject to hydrolysis) is 1. The van der Waals surface area contributed by atoms with E-state index in [2.05, 4.69) is 36.9 Å². The Labute approximate surface area is 532 Å². The van der Waals surface area contributed by atoms with Crippen LogP contribution in [0.25, 0.3) is 10.9 Å². The Morgan fingerprint density at radius 3 is 2.39 bits per heavy atom. The smallest absolute Gasteiger partial charge is 0.409 e. The van der Waals surface area contributed by atoms with Crippen molar-refractivity contribution in [3.8, 4) is 5.75 Å². The zero-order valence-corrected chi connectivity index (χ0v) is 53.6. The van der Waals surface area contributed by atoms with E-state index in [0.717, 1.165) is 20.9 Å². The molecule has 10 atom stereocenters. The van der Waals surface area contributed by atoms with E-state index in [1.807, 2.05) is 13.0 Å². The monoisotopic (exact) mass is 1290 g/mol. The van der Waals surface area contributed by atoms with E-state index in [9.17, 15) is 48.3 Å². The van der Waals surface area contributed by atoms with Gasteiger partial charge in [0.2, 0.25) is 17.7 Å². The van der Waals surface area contributed by atoms with Gasteiger partial charge in [0.05, 0.1) is 36.5 Å². The van der Waals surface area contributed by atoms with Gasteiger partial charge in [-0.2, -0.15) is 0 Å². The minimum Gasteiger partial charge on any atom is -0.495 e. The molecule has 0 unspecified atom stereocenters. The van der Waals surface area contributed by atoms with Crippen molar-refractivity contribution < 1.29 is 71.9 Å². The number of fused-ring (bicyclic) bond motifs is 6. The van der Waals surface area contributed by atoms with E-state index in [1.54, 1.807) is 64.1 Å². The number of amides is 9. The number of nitrogens with zero attached hydrogens (tertiary/aromatic N) is 4. The van der Waals surface area contributed by atoms with Crippen LogP contribution < -0.4 is 47.3 Å². The highest BCUT2D eigenvalue weighted by molar-refractivity contribution is 7.80. The molecule has 9 N–H and O–H groups in total. The summed E-state index contributed by atoms with van der Waals surface area (Å²) >= 11 is 12.4. The van der Waals surface area contributed by atoms with Gasteiger partial charge in [-0.15, -0.1) is 0 Å². The molecule has 2 fully saturated rings. The maximum Gasteiger partial charge on any atom is 0.409 e. The third-order valence-electron chi connectivity index (χ3n) is 16.5. The summed E-state index contributed by atoms with van der Waals surface area (Å²) in [6, 6.07) is 5.44. The van der Waals surface area contributed by atoms with Crippen LogP contribution in [0.1, 0.15) is 96.0 Å². The fourth-order valence-corrected chi connectivity index (χ4v) is 11.6. The maximum absolute atomic E-state index is 14.7. The lowest BCUT2D eigenvalue weighted by atomic mass is 9.83. The van der Waals surface area contributed by atoms with Gasteiger partial charge in [0.25, 0.3) is 17.7 Å². The maximum atomic E-state index is 14.7. The molecule has 7 rings (SSSR count). The Morgan fingerprint density at radius 2 is 1.71 bits per heavy atom. The number of aliphatic hydroxyl groups is 1. The number of esters is 1. The Morgan fingerprint density at radius 1 is 1.00 bits per heavy atom. The third-order valence-corrected chi connectivity index (χ3v) is 17.2. The van der Waals surface area contributed by atoms with Gasteiger partial charge in [-0.25, -0.2) is 14.4 Å². The number of pyridine rings is 1. The van der Waals surface area contributed by atoms with Crippen molar-refractivity contribution >= 4 is 105 Å². The average molecular weight is 1290 g/mol. The summed E-state index contributed by atoms with van der Waals surface area (Å²) in [4.78, 5) is 129. The topological polar surface area (TPSA) is 344 Å². The Bertz CT molecular complexity index is 3350. The van der Waals surface area contributed by atoms with Crippen LogP contribution >= 0.6 is 23.8 Å². The van der Waals surface area contributed by atoms with Crippen LogP contribution in [0.15, 0.2) is 78.5 Å². The van der Waals surface area contributed by atoms with E-state index in [1.165, 1.54) is 70.6 Å². The first-order valence-corrected chi connectivity index (χ1v) is 30.4. The Kier molecular flexibility index (Phi) is 23.1. The van der Waals surface area contributed by atoms with E-state index in [0.29, 0.717) is 37.2 Å². The number of methoxy groups -OCH3 is 2. The SMILES string of the molecule is COc1cc2cc(c1Cl)N(C)C(=O)C[C@H](OC(=O)[C@H](C)N(C)C(=O)c1ccc(NC(=O)[C@H](CCCNC(N)=O)NC(=O)[C@@H](NC(=S)NCCCCN3C(=O)C=CC3=O)C(C)C)c3ncccc13)[C@]1(C)O[C@H]1[C@H](C)[C@@H]1C[C@@](O)(NC(=O)O1)[C@H](OC)/C=C/C=C(\C)C2. The fourth-order valence-electron chi connectivity index (χ4n) is 11.1. The number of hydrogen-bond acceptors (Lipinski definition) is 17. The first kappa shape index (κ1) is 69.2. The second kappa shape index (κ2) is 30.0. The van der Waals surface area contributed by atoms with Gasteiger partial charge in [-0.3, -0.25) is 44.0 Å². The number of imide groups is 1. The van der Waals surface area contributed by atoms with Crippen molar-refractivity contribution in [2.45, 2.75) is 140 Å². The third kappa shape index (κ3) is 16.6. The van der Waals surface area contributed by atoms with Crippen molar-refractivity contribution in [2.75, 3.05) is 58.2 Å². The molecule has 4 aliphatic heterocycles. The van der Waals surface area contributed by atoms with Crippen molar-refractivity contribution in [3.05, 3.63) is 94.7 Å². The van der Waals surface area contributed by atoms with Gasteiger partial charge in [0.1, 0.15) is 52.8 Å². The summed E-state index contributed by atoms with van der Waals surface area (Å²) in [5, 5.41) is 29.3. The molecule has 486 valence electrons. The number of rotatable bonds is 21. The number of thiocarbonyl (C=S) groups is 1. The van der Waals surface area contributed by atoms with Crippen LogP contribution in [0.3, 0.4) is 0 Å². The molecule has 26 nitrogen and oxygen atoms in total. The molecule has 2 saturated heterocycles. The first-order chi connectivity index (χ1) is 42.6. The lowest BCUT2D eigenvalue weighted by molar-refractivity contribution is -0.158. The normalized spacial score (nSPS) is 24.5. The number of halogens is 1. The summed E-state index contributed by atoms with van der Waals surface area (Å²) in [7, 11) is 5.78. The number of primary amides is 1. The first-order valence-electron chi connectivity index (χ1n) is 29.6. The summed E-state index contributed by atoms with van der Waals surface area (Å²) in [6.07, 6.45) is 5.19. The van der Waals surface area contributed by atoms with Crippen molar-refractivity contribution in [2.24, 2.45) is 17.6 Å². The number of carbonyl (C=O) groups excluding carboxylic acids is 9. The lowest BCUT2D eigenvalue weighted by Gasteiger charge is -2.42. The standard InChI is InChI=1S/C62H80ClN11O15S/c1-33(2)51(70-59(90)67-24-11-12-27-74-47(75)22-23-48(74)76)55(79)69-41(18-15-26-66-58(64)82)54(78)68-40-21-20-39(38-17-14-25-65-52(38)40)56(80)72(7)36(5)57(81)88-46-31-49(77)73(8)42-29-37(30-43(85-9)50(42)63)28-34(3)16-13-19-45(86-10)62(84)32-44(87-60(83)71-62)35(4)53-61(46,6)89-53/h13-14,16-17,19-23,25,29-30,33,35-36,41,44-46,51,53,84H,11-12,15,18,24,26-28,31-32H2,1-10H3,(H,68,78)(H,69,79)(H,71,83)(H3,64,66,82)(H2,67,70,90)/b19-13+,34-16+/t35-,36+,41+,44+,45-,46+,51+,53+,61+,62+/m1/s1. The van der Waals surface area contributed by atoms with E-state index in [-0.39, 0.29) is 82.4 Å². The van der Waals surface area contributed by atoms with Crippen molar-refractivity contribution in [1.29, 1.82) is 0 Å². The number of epoxide rings is 1. The van der Waals surface area contributed by atoms with Crippen LogP contribution in [0.4, 0.5) is 21.0 Å². The second-order valence-electron chi connectivity index (χ2n) is 23.3. The van der Waals surface area contributed by atoms with E-state index in [4.69, 9.17) is 53.2 Å². The Balaban J connectivity index is 1.09. The van der Waals surface area contributed by atoms with Crippen LogP contribution in [-0.4, -0.2) is 180 Å². The van der Waals surface area contributed by atoms with Gasteiger partial charge < -0.3 is 70.9 Å². The molecule has 0 aliphatic carbocycles. The van der Waals surface area contributed by atoms with Crippen LogP contribution in [0, 0.1) is 11.8 Å². The van der Waals surface area contributed by atoms with Gasteiger partial charge in [0.15, 0.2) is 10.8 Å². The number of nitrogens with one attached hydrogen (secondary N) is 6.